The van der Waals surface area contributed by atoms with Gasteiger partial charge < -0.3 is 5.32 Å². The molecule has 0 aromatic carbocycles. The molecule has 21 heavy (non-hydrogen) atoms. The molecule has 2 aromatic heterocycles. The molecule has 0 fully saturated rings. The van der Waals surface area contributed by atoms with Gasteiger partial charge in [0.15, 0.2) is 0 Å². The van der Waals surface area contributed by atoms with Gasteiger partial charge in [0, 0.05) is 21.2 Å². The Morgan fingerprint density at radius 3 is 2.86 bits per heavy atom. The van der Waals surface area contributed by atoms with Crippen molar-refractivity contribution in [3.8, 4) is 9.75 Å². The summed E-state index contributed by atoms with van der Waals surface area (Å²) in [5.41, 5.74) is 1.36. The molecule has 0 spiro atoms. The van der Waals surface area contributed by atoms with E-state index in [-0.39, 0.29) is 0 Å². The Morgan fingerprint density at radius 1 is 1.33 bits per heavy atom. The summed E-state index contributed by atoms with van der Waals surface area (Å²) >= 11 is 3.74. The second kappa shape index (κ2) is 8.52. The molecule has 3 heteroatoms. The fraction of sp³-hybridized carbons (Fsp3) is 0.444. The number of allylic oxidation sites excluding steroid dienone is 1. The molecule has 1 unspecified atom stereocenters. The van der Waals surface area contributed by atoms with Gasteiger partial charge in [-0.3, -0.25) is 0 Å². The Morgan fingerprint density at radius 2 is 2.19 bits per heavy atom. The van der Waals surface area contributed by atoms with E-state index >= 15 is 0 Å². The van der Waals surface area contributed by atoms with Gasteiger partial charge in [-0.2, -0.15) is 0 Å². The standard InChI is InChI=1S/C18H25NS2/c1-4-6-15(5-2)9-10-19-12-16-7-8-17(21-16)18-11-14(3)13-20-18/h4,7-8,11,13,15,19H,1,5-6,9-10,12H2,2-3H3. The molecule has 2 aromatic rings. The molecule has 114 valence electrons. The van der Waals surface area contributed by atoms with Crippen molar-refractivity contribution in [2.45, 2.75) is 39.7 Å². The number of hydrogen-bond acceptors (Lipinski definition) is 3. The van der Waals surface area contributed by atoms with E-state index < -0.39 is 0 Å². The summed E-state index contributed by atoms with van der Waals surface area (Å²) < 4.78 is 0. The Bertz CT molecular complexity index is 553. The van der Waals surface area contributed by atoms with Gasteiger partial charge in [-0.1, -0.05) is 19.4 Å². The zero-order valence-corrected chi connectivity index (χ0v) is 14.7. The van der Waals surface area contributed by atoms with E-state index in [1.165, 1.54) is 33.0 Å². The predicted molar refractivity (Wildman–Crippen MR) is 97.3 cm³/mol. The average Bonchev–Trinajstić information content (AvgIpc) is 3.11. The molecule has 0 aliphatic carbocycles. The van der Waals surface area contributed by atoms with Crippen molar-refractivity contribution in [1.29, 1.82) is 0 Å². The number of aryl methyl sites for hydroxylation is 1. The molecule has 1 N–H and O–H groups in total. The Hall–Kier alpha value is -0.900. The summed E-state index contributed by atoms with van der Waals surface area (Å²) in [6, 6.07) is 6.78. The van der Waals surface area contributed by atoms with Crippen LogP contribution in [-0.4, -0.2) is 6.54 Å². The van der Waals surface area contributed by atoms with E-state index in [1.54, 1.807) is 0 Å². The van der Waals surface area contributed by atoms with Crippen molar-refractivity contribution >= 4 is 22.7 Å². The van der Waals surface area contributed by atoms with Gasteiger partial charge in [-0.15, -0.1) is 29.3 Å². The molecular formula is C18H25NS2. The lowest BCUT2D eigenvalue weighted by molar-refractivity contribution is 0.456. The summed E-state index contributed by atoms with van der Waals surface area (Å²) in [7, 11) is 0. The highest BCUT2D eigenvalue weighted by atomic mass is 32.1. The maximum atomic E-state index is 3.84. The van der Waals surface area contributed by atoms with Crippen LogP contribution in [-0.2, 0) is 6.54 Å². The van der Waals surface area contributed by atoms with E-state index in [1.807, 2.05) is 28.7 Å². The SMILES string of the molecule is C=CCC(CC)CCNCc1ccc(-c2cc(C)cs2)s1. The van der Waals surface area contributed by atoms with Crippen molar-refractivity contribution in [3.05, 3.63) is 46.7 Å². The van der Waals surface area contributed by atoms with Gasteiger partial charge in [0.1, 0.15) is 0 Å². The molecule has 1 atom stereocenters. The highest BCUT2D eigenvalue weighted by Gasteiger charge is 2.06. The van der Waals surface area contributed by atoms with Crippen molar-refractivity contribution in [2.24, 2.45) is 5.92 Å². The fourth-order valence-corrected chi connectivity index (χ4v) is 4.38. The zero-order valence-electron chi connectivity index (χ0n) is 13.0. The summed E-state index contributed by atoms with van der Waals surface area (Å²) in [5, 5.41) is 5.79. The minimum atomic E-state index is 0.781. The molecule has 0 aliphatic rings. The highest BCUT2D eigenvalue weighted by Crippen LogP contribution is 2.32. The molecule has 0 saturated heterocycles. The van der Waals surface area contributed by atoms with Crippen molar-refractivity contribution < 1.29 is 0 Å². The summed E-state index contributed by atoms with van der Waals surface area (Å²) in [4.78, 5) is 4.21. The van der Waals surface area contributed by atoms with Gasteiger partial charge in [-0.25, -0.2) is 0 Å². The average molecular weight is 320 g/mol. The van der Waals surface area contributed by atoms with Crippen molar-refractivity contribution in [2.75, 3.05) is 6.54 Å². The van der Waals surface area contributed by atoms with Gasteiger partial charge in [-0.05, 0) is 61.4 Å². The van der Waals surface area contributed by atoms with E-state index in [2.05, 4.69) is 49.3 Å². The van der Waals surface area contributed by atoms with Gasteiger partial charge in [0.25, 0.3) is 0 Å². The second-order valence-electron chi connectivity index (χ2n) is 5.52. The molecule has 0 saturated carbocycles. The number of rotatable bonds is 9. The van der Waals surface area contributed by atoms with Crippen molar-refractivity contribution in [1.82, 2.24) is 5.32 Å². The van der Waals surface area contributed by atoms with Crippen LogP contribution in [0.3, 0.4) is 0 Å². The molecule has 1 nitrogen and oxygen atoms in total. The van der Waals surface area contributed by atoms with Gasteiger partial charge >= 0.3 is 0 Å². The lowest BCUT2D eigenvalue weighted by Crippen LogP contribution is -2.16. The van der Waals surface area contributed by atoms with Crippen molar-refractivity contribution in [3.63, 3.8) is 0 Å². The predicted octanol–water partition coefficient (Wildman–Crippen LogP) is 5.87. The normalized spacial score (nSPS) is 12.5. The van der Waals surface area contributed by atoms with Crippen LogP contribution in [0.15, 0.2) is 36.2 Å². The third-order valence-electron chi connectivity index (χ3n) is 3.74. The van der Waals surface area contributed by atoms with Crippen LogP contribution in [0.1, 0.15) is 36.6 Å². The molecule has 2 heterocycles. The largest absolute Gasteiger partial charge is 0.312 e. The van der Waals surface area contributed by atoms with Crippen LogP contribution >= 0.6 is 22.7 Å². The van der Waals surface area contributed by atoms with Crippen LogP contribution < -0.4 is 5.32 Å². The first kappa shape index (κ1) is 16.5. The third-order valence-corrected chi connectivity index (χ3v) is 6.07. The molecule has 0 radical (unpaired) electrons. The highest BCUT2D eigenvalue weighted by molar-refractivity contribution is 7.21. The van der Waals surface area contributed by atoms with E-state index in [4.69, 9.17) is 0 Å². The quantitative estimate of drug-likeness (QED) is 0.450. The molecule has 0 bridgehead atoms. The Balaban J connectivity index is 1.77. The minimum absolute atomic E-state index is 0.781. The van der Waals surface area contributed by atoms with Gasteiger partial charge in [0.2, 0.25) is 0 Å². The first-order valence-electron chi connectivity index (χ1n) is 7.68. The smallest absolute Gasteiger partial charge is 0.0446 e. The zero-order chi connectivity index (χ0) is 15.1. The lowest BCUT2D eigenvalue weighted by atomic mass is 9.99. The summed E-state index contributed by atoms with van der Waals surface area (Å²) in [6.07, 6.45) is 5.67. The number of hydrogen-bond donors (Lipinski definition) is 1. The Labute approximate surface area is 136 Å². The molecular weight excluding hydrogens is 294 g/mol. The second-order valence-corrected chi connectivity index (χ2v) is 7.60. The maximum Gasteiger partial charge on any atom is 0.0446 e. The molecule has 0 aliphatic heterocycles. The maximum absolute atomic E-state index is 3.84. The summed E-state index contributed by atoms with van der Waals surface area (Å²) in [5.74, 6) is 0.781. The first-order valence-corrected chi connectivity index (χ1v) is 9.38. The first-order chi connectivity index (χ1) is 10.2. The monoisotopic (exact) mass is 319 g/mol. The van der Waals surface area contributed by atoms with Crippen LogP contribution in [0.2, 0.25) is 0 Å². The third kappa shape index (κ3) is 5.10. The topological polar surface area (TPSA) is 12.0 Å². The van der Waals surface area contributed by atoms with Crippen LogP contribution in [0.4, 0.5) is 0 Å². The van der Waals surface area contributed by atoms with Crippen LogP contribution in [0.25, 0.3) is 9.75 Å². The van der Waals surface area contributed by atoms with E-state index in [0.717, 1.165) is 25.4 Å². The Kier molecular flexibility index (Phi) is 6.68. The minimum Gasteiger partial charge on any atom is -0.312 e. The number of nitrogens with one attached hydrogen (secondary N) is 1. The molecule has 0 amide bonds. The van der Waals surface area contributed by atoms with Crippen LogP contribution in [0, 0.1) is 12.8 Å². The van der Waals surface area contributed by atoms with Gasteiger partial charge in [0.05, 0.1) is 0 Å². The van der Waals surface area contributed by atoms with E-state index in [0.29, 0.717) is 0 Å². The van der Waals surface area contributed by atoms with E-state index in [9.17, 15) is 0 Å². The molecule has 2 rings (SSSR count). The fourth-order valence-electron chi connectivity index (χ4n) is 2.41. The summed E-state index contributed by atoms with van der Waals surface area (Å²) in [6.45, 7) is 10.3. The van der Waals surface area contributed by atoms with Crippen LogP contribution in [0.5, 0.6) is 0 Å². The lowest BCUT2D eigenvalue weighted by Gasteiger charge is -2.12. The number of thiophene rings is 2.